The molecule has 0 atom stereocenters. The summed E-state index contributed by atoms with van der Waals surface area (Å²) < 4.78 is 0. The van der Waals surface area contributed by atoms with Gasteiger partial charge in [-0.15, -0.1) is 0 Å². The van der Waals surface area contributed by atoms with E-state index in [4.69, 9.17) is 5.73 Å². The van der Waals surface area contributed by atoms with Crippen LogP contribution < -0.4 is 16.4 Å². The van der Waals surface area contributed by atoms with Crippen LogP contribution in [0, 0.1) is 0 Å². The van der Waals surface area contributed by atoms with Gasteiger partial charge in [-0.2, -0.15) is 0 Å². The molecule has 0 aliphatic carbocycles. The lowest BCUT2D eigenvalue weighted by Crippen LogP contribution is -2.16. The van der Waals surface area contributed by atoms with Crippen LogP contribution >= 0.6 is 0 Å². The number of pyridine rings is 1. The maximum Gasteiger partial charge on any atom is 0.257 e. The van der Waals surface area contributed by atoms with Gasteiger partial charge in [0.05, 0.1) is 5.56 Å². The third kappa shape index (κ3) is 4.22. The summed E-state index contributed by atoms with van der Waals surface area (Å²) in [5, 5.41) is 6.26. The van der Waals surface area contributed by atoms with Gasteiger partial charge in [0.1, 0.15) is 0 Å². The topological polar surface area (TPSA) is 80.0 Å². The van der Waals surface area contributed by atoms with E-state index >= 15 is 0 Å². The Hall–Kier alpha value is -3.18. The molecule has 126 valence electrons. The van der Waals surface area contributed by atoms with E-state index in [0.29, 0.717) is 18.7 Å². The van der Waals surface area contributed by atoms with Crippen LogP contribution in [0.2, 0.25) is 0 Å². The smallest absolute Gasteiger partial charge is 0.257 e. The molecule has 0 saturated carbocycles. The quantitative estimate of drug-likeness (QED) is 0.646. The van der Waals surface area contributed by atoms with E-state index < -0.39 is 0 Å². The van der Waals surface area contributed by atoms with Crippen LogP contribution in [-0.2, 0) is 13.1 Å². The summed E-state index contributed by atoms with van der Waals surface area (Å²) in [6.45, 7) is 0.991. The molecule has 0 radical (unpaired) electrons. The molecule has 0 aliphatic rings. The van der Waals surface area contributed by atoms with Gasteiger partial charge in [-0.05, 0) is 41.5 Å². The first-order valence-corrected chi connectivity index (χ1v) is 8.09. The fourth-order valence-electron chi connectivity index (χ4n) is 2.54. The van der Waals surface area contributed by atoms with Crippen molar-refractivity contribution in [2.24, 2.45) is 5.73 Å². The third-order valence-corrected chi connectivity index (χ3v) is 3.89. The van der Waals surface area contributed by atoms with E-state index in [1.165, 1.54) is 0 Å². The lowest BCUT2D eigenvalue weighted by Gasteiger charge is -2.14. The zero-order valence-electron chi connectivity index (χ0n) is 13.8. The fraction of sp³-hybridized carbons (Fsp3) is 0.100. The minimum absolute atomic E-state index is 0.168. The minimum Gasteiger partial charge on any atom is -0.380 e. The van der Waals surface area contributed by atoms with Crippen LogP contribution in [0.25, 0.3) is 0 Å². The first kappa shape index (κ1) is 16.7. The average Bonchev–Trinajstić information content (AvgIpc) is 2.68. The molecule has 3 rings (SSSR count). The van der Waals surface area contributed by atoms with Gasteiger partial charge >= 0.3 is 0 Å². The molecule has 25 heavy (non-hydrogen) atoms. The minimum atomic E-state index is -0.168. The molecule has 1 amide bonds. The molecular weight excluding hydrogens is 312 g/mol. The number of carbonyl (C=O) groups excluding carboxylic acids is 1. The van der Waals surface area contributed by atoms with E-state index in [2.05, 4.69) is 15.6 Å². The van der Waals surface area contributed by atoms with Gasteiger partial charge in [-0.1, -0.05) is 30.3 Å². The maximum absolute atomic E-state index is 12.7. The van der Waals surface area contributed by atoms with E-state index in [1.807, 2.05) is 54.6 Å². The van der Waals surface area contributed by atoms with Gasteiger partial charge in [-0.25, -0.2) is 0 Å². The lowest BCUT2D eigenvalue weighted by molar-refractivity contribution is 0.102. The first-order valence-electron chi connectivity index (χ1n) is 8.09. The van der Waals surface area contributed by atoms with E-state index in [-0.39, 0.29) is 5.91 Å². The summed E-state index contributed by atoms with van der Waals surface area (Å²) in [5.74, 6) is -0.168. The number of nitrogens with zero attached hydrogens (tertiary/aromatic N) is 1. The summed E-state index contributed by atoms with van der Waals surface area (Å²) in [5.41, 5.74) is 9.84. The largest absolute Gasteiger partial charge is 0.380 e. The van der Waals surface area contributed by atoms with Gasteiger partial charge in [0.25, 0.3) is 5.91 Å². The van der Waals surface area contributed by atoms with Crippen LogP contribution in [0.15, 0.2) is 73.1 Å². The van der Waals surface area contributed by atoms with Gasteiger partial charge < -0.3 is 16.4 Å². The molecule has 0 bridgehead atoms. The van der Waals surface area contributed by atoms with Crippen molar-refractivity contribution < 1.29 is 4.79 Å². The number of hydrogen-bond donors (Lipinski definition) is 3. The molecule has 0 spiro atoms. The Morgan fingerprint density at radius 2 is 1.60 bits per heavy atom. The molecule has 5 heteroatoms. The zero-order valence-corrected chi connectivity index (χ0v) is 13.8. The number of hydrogen-bond acceptors (Lipinski definition) is 4. The van der Waals surface area contributed by atoms with Crippen molar-refractivity contribution in [3.63, 3.8) is 0 Å². The first-order chi connectivity index (χ1) is 12.3. The predicted octanol–water partition coefficient (Wildman–Crippen LogP) is 3.40. The fourth-order valence-corrected chi connectivity index (χ4v) is 2.54. The van der Waals surface area contributed by atoms with Crippen molar-refractivity contribution in [1.82, 2.24) is 4.98 Å². The number of benzene rings is 2. The van der Waals surface area contributed by atoms with Gasteiger partial charge in [0, 0.05) is 36.9 Å². The number of amides is 1. The standard InChI is InChI=1S/C20H20N4O/c21-13-16-5-1-3-7-18(16)24-20(25)17-6-2-4-8-19(17)23-14-15-9-11-22-12-10-15/h1-12,23H,13-14,21H2,(H,24,25). The van der Waals surface area contributed by atoms with Crippen LogP contribution in [0.5, 0.6) is 0 Å². The Morgan fingerprint density at radius 1 is 0.920 bits per heavy atom. The third-order valence-electron chi connectivity index (χ3n) is 3.89. The normalized spacial score (nSPS) is 10.3. The zero-order chi connectivity index (χ0) is 17.5. The number of aromatic nitrogens is 1. The van der Waals surface area contributed by atoms with E-state index in [1.54, 1.807) is 18.5 Å². The number of para-hydroxylation sites is 2. The van der Waals surface area contributed by atoms with Crippen molar-refractivity contribution >= 4 is 17.3 Å². The summed E-state index contributed by atoms with van der Waals surface area (Å²) in [6.07, 6.45) is 3.50. The van der Waals surface area contributed by atoms with Crippen molar-refractivity contribution in [2.45, 2.75) is 13.1 Å². The van der Waals surface area contributed by atoms with Crippen molar-refractivity contribution in [3.8, 4) is 0 Å². The molecule has 0 fully saturated rings. The van der Waals surface area contributed by atoms with Crippen LogP contribution in [0.3, 0.4) is 0 Å². The molecule has 4 N–H and O–H groups in total. The molecular formula is C20H20N4O. The summed E-state index contributed by atoms with van der Waals surface area (Å²) in [7, 11) is 0. The average molecular weight is 332 g/mol. The highest BCUT2D eigenvalue weighted by Gasteiger charge is 2.12. The Balaban J connectivity index is 1.76. The summed E-state index contributed by atoms with van der Waals surface area (Å²) >= 11 is 0. The molecule has 0 saturated heterocycles. The number of anilines is 2. The molecule has 5 nitrogen and oxygen atoms in total. The Bertz CT molecular complexity index is 849. The highest BCUT2D eigenvalue weighted by atomic mass is 16.1. The van der Waals surface area contributed by atoms with Crippen molar-refractivity contribution in [1.29, 1.82) is 0 Å². The monoisotopic (exact) mass is 332 g/mol. The number of nitrogens with two attached hydrogens (primary N) is 1. The van der Waals surface area contributed by atoms with Gasteiger partial charge in [0.2, 0.25) is 0 Å². The highest BCUT2D eigenvalue weighted by Crippen LogP contribution is 2.20. The highest BCUT2D eigenvalue weighted by molar-refractivity contribution is 6.08. The Labute approximate surface area is 146 Å². The van der Waals surface area contributed by atoms with E-state index in [0.717, 1.165) is 22.5 Å². The Morgan fingerprint density at radius 3 is 2.36 bits per heavy atom. The van der Waals surface area contributed by atoms with E-state index in [9.17, 15) is 4.79 Å². The van der Waals surface area contributed by atoms with Crippen molar-refractivity contribution in [2.75, 3.05) is 10.6 Å². The van der Waals surface area contributed by atoms with Gasteiger partial charge in [-0.3, -0.25) is 9.78 Å². The molecule has 3 aromatic rings. The molecule has 2 aromatic carbocycles. The number of carbonyl (C=O) groups is 1. The Kier molecular flexibility index (Phi) is 5.39. The predicted molar refractivity (Wildman–Crippen MR) is 100 cm³/mol. The van der Waals surface area contributed by atoms with Crippen LogP contribution in [0.1, 0.15) is 21.5 Å². The second-order valence-electron chi connectivity index (χ2n) is 5.57. The van der Waals surface area contributed by atoms with Crippen molar-refractivity contribution in [3.05, 3.63) is 89.7 Å². The molecule has 1 aromatic heterocycles. The summed E-state index contributed by atoms with van der Waals surface area (Å²) in [4.78, 5) is 16.7. The second-order valence-corrected chi connectivity index (χ2v) is 5.57. The summed E-state index contributed by atoms with van der Waals surface area (Å²) in [6, 6.07) is 18.9. The SMILES string of the molecule is NCc1ccccc1NC(=O)c1ccccc1NCc1ccncc1. The van der Waals surface area contributed by atoms with Crippen LogP contribution in [-0.4, -0.2) is 10.9 Å². The maximum atomic E-state index is 12.7. The number of rotatable bonds is 6. The van der Waals surface area contributed by atoms with Gasteiger partial charge in [0.15, 0.2) is 0 Å². The number of nitrogens with one attached hydrogen (secondary N) is 2. The second kappa shape index (κ2) is 8.08. The molecule has 1 heterocycles. The molecule has 0 aliphatic heterocycles. The molecule has 0 unspecified atom stereocenters. The van der Waals surface area contributed by atoms with Crippen LogP contribution in [0.4, 0.5) is 11.4 Å². The lowest BCUT2D eigenvalue weighted by atomic mass is 10.1.